The molecule has 0 saturated heterocycles. The van der Waals surface area contributed by atoms with Gasteiger partial charge >= 0.3 is 0 Å². The summed E-state index contributed by atoms with van der Waals surface area (Å²) in [6.07, 6.45) is 0. The zero-order chi connectivity index (χ0) is 26.5. The normalized spacial score (nSPS) is 12.0. The molecule has 0 aliphatic rings. The number of nitrogens with one attached hydrogen (secondary N) is 1. The average Bonchev–Trinajstić information content (AvgIpc) is 2.85. The van der Waals surface area contributed by atoms with Crippen LogP contribution in [0, 0.1) is 0 Å². The van der Waals surface area contributed by atoms with Crippen molar-refractivity contribution in [1.82, 2.24) is 10.2 Å². The molecule has 0 unspecified atom stereocenters. The number of sulfonamides is 1. The van der Waals surface area contributed by atoms with Gasteiger partial charge in [0.2, 0.25) is 11.8 Å². The zero-order valence-corrected chi connectivity index (χ0v) is 22.6. The lowest BCUT2D eigenvalue weighted by molar-refractivity contribution is -0.139. The van der Waals surface area contributed by atoms with Gasteiger partial charge in [0.25, 0.3) is 10.0 Å². The maximum absolute atomic E-state index is 13.7. The molecule has 3 aromatic carbocycles. The SMILES string of the molecule is CNC(=O)[C@@H](C)N(Cc1cccc(Cl)c1)C(=O)CN(c1ccc(Cl)cc1Cl)S(=O)(=O)c1ccccc1. The third-order valence-corrected chi connectivity index (χ3v) is 7.99. The van der Waals surface area contributed by atoms with E-state index in [0.717, 1.165) is 4.31 Å². The molecule has 0 heterocycles. The van der Waals surface area contributed by atoms with Crippen LogP contribution < -0.4 is 9.62 Å². The van der Waals surface area contributed by atoms with Gasteiger partial charge in [-0.1, -0.05) is 65.1 Å². The van der Waals surface area contributed by atoms with Crippen molar-refractivity contribution in [1.29, 1.82) is 0 Å². The van der Waals surface area contributed by atoms with Gasteiger partial charge in [-0.15, -0.1) is 0 Å². The number of carbonyl (C=O) groups is 2. The number of nitrogens with zero attached hydrogens (tertiary/aromatic N) is 2. The van der Waals surface area contributed by atoms with Gasteiger partial charge in [0.05, 0.1) is 15.6 Å². The third-order valence-electron chi connectivity index (χ3n) is 5.44. The highest BCUT2D eigenvalue weighted by atomic mass is 35.5. The van der Waals surface area contributed by atoms with Gasteiger partial charge in [0.1, 0.15) is 12.6 Å². The van der Waals surface area contributed by atoms with Gasteiger partial charge in [-0.05, 0) is 55.0 Å². The molecule has 0 spiro atoms. The molecule has 0 aliphatic heterocycles. The molecule has 0 radical (unpaired) electrons. The molecule has 2 amide bonds. The van der Waals surface area contributed by atoms with Crippen molar-refractivity contribution in [3.05, 3.63) is 93.4 Å². The number of likely N-dealkylation sites (N-methyl/N-ethyl adjacent to an activating group) is 1. The third kappa shape index (κ3) is 6.50. The fourth-order valence-corrected chi connectivity index (χ4v) is 5.77. The number of hydrogen-bond donors (Lipinski definition) is 1. The minimum absolute atomic E-state index is 0.0236. The van der Waals surface area contributed by atoms with Crippen molar-refractivity contribution in [2.24, 2.45) is 0 Å². The van der Waals surface area contributed by atoms with Crippen LogP contribution in [0.25, 0.3) is 0 Å². The molecule has 36 heavy (non-hydrogen) atoms. The molecule has 0 fully saturated rings. The summed E-state index contributed by atoms with van der Waals surface area (Å²) in [7, 11) is -2.75. The Morgan fingerprint density at radius 1 is 0.917 bits per heavy atom. The van der Waals surface area contributed by atoms with E-state index in [1.807, 2.05) is 0 Å². The molecule has 0 aromatic heterocycles. The number of amides is 2. The van der Waals surface area contributed by atoms with Gasteiger partial charge in [-0.3, -0.25) is 13.9 Å². The van der Waals surface area contributed by atoms with E-state index in [4.69, 9.17) is 34.8 Å². The molecule has 3 rings (SSSR count). The highest BCUT2D eigenvalue weighted by Gasteiger charge is 2.33. The van der Waals surface area contributed by atoms with Crippen LogP contribution in [0.5, 0.6) is 0 Å². The number of hydrogen-bond acceptors (Lipinski definition) is 4. The van der Waals surface area contributed by atoms with Crippen LogP contribution in [0.15, 0.2) is 77.7 Å². The van der Waals surface area contributed by atoms with Crippen molar-refractivity contribution < 1.29 is 18.0 Å². The summed E-state index contributed by atoms with van der Waals surface area (Å²) in [6.45, 7) is 0.981. The Morgan fingerprint density at radius 3 is 2.19 bits per heavy atom. The maximum atomic E-state index is 13.7. The number of carbonyl (C=O) groups excluding carboxylic acids is 2. The second-order valence-corrected chi connectivity index (χ2v) is 11.0. The summed E-state index contributed by atoms with van der Waals surface area (Å²) >= 11 is 18.5. The first-order chi connectivity index (χ1) is 17.0. The van der Waals surface area contributed by atoms with E-state index in [1.54, 1.807) is 49.4 Å². The maximum Gasteiger partial charge on any atom is 0.264 e. The average molecular weight is 569 g/mol. The van der Waals surface area contributed by atoms with Gasteiger partial charge in [0, 0.05) is 23.6 Å². The van der Waals surface area contributed by atoms with Gasteiger partial charge in [0.15, 0.2) is 0 Å². The van der Waals surface area contributed by atoms with Crippen molar-refractivity contribution >= 4 is 62.3 Å². The fraction of sp³-hybridized carbons (Fsp3) is 0.200. The Hall–Kier alpha value is -2.78. The number of anilines is 1. The van der Waals surface area contributed by atoms with Gasteiger partial charge in [-0.25, -0.2) is 8.42 Å². The largest absolute Gasteiger partial charge is 0.357 e. The minimum Gasteiger partial charge on any atom is -0.357 e. The summed E-state index contributed by atoms with van der Waals surface area (Å²) in [5, 5.41) is 3.35. The van der Waals surface area contributed by atoms with Crippen LogP contribution in [0.2, 0.25) is 15.1 Å². The summed E-state index contributed by atoms with van der Waals surface area (Å²) < 4.78 is 28.2. The van der Waals surface area contributed by atoms with Gasteiger partial charge in [-0.2, -0.15) is 0 Å². The fourth-order valence-electron chi connectivity index (χ4n) is 3.54. The molecular formula is C25H24Cl3N3O4S. The molecular weight excluding hydrogens is 545 g/mol. The number of halogens is 3. The smallest absolute Gasteiger partial charge is 0.264 e. The molecule has 0 saturated carbocycles. The van der Waals surface area contributed by atoms with E-state index in [9.17, 15) is 18.0 Å². The van der Waals surface area contributed by atoms with Crippen LogP contribution in [0.3, 0.4) is 0 Å². The van der Waals surface area contributed by atoms with E-state index in [1.165, 1.54) is 42.3 Å². The molecule has 1 atom stereocenters. The highest BCUT2D eigenvalue weighted by molar-refractivity contribution is 7.92. The number of rotatable bonds is 9. The Balaban J connectivity index is 2.06. The highest BCUT2D eigenvalue weighted by Crippen LogP contribution is 2.33. The Labute approximate surface area is 225 Å². The van der Waals surface area contributed by atoms with Crippen LogP contribution in [0.1, 0.15) is 12.5 Å². The summed E-state index contributed by atoms with van der Waals surface area (Å²) in [4.78, 5) is 27.4. The molecule has 7 nitrogen and oxygen atoms in total. The molecule has 0 bridgehead atoms. The molecule has 11 heteroatoms. The second kappa shape index (κ2) is 12.0. The summed E-state index contributed by atoms with van der Waals surface area (Å²) in [5.74, 6) is -1.02. The minimum atomic E-state index is -4.21. The topological polar surface area (TPSA) is 86.8 Å². The van der Waals surface area contributed by atoms with Crippen molar-refractivity contribution in [2.75, 3.05) is 17.9 Å². The Bertz CT molecular complexity index is 1350. The quantitative estimate of drug-likeness (QED) is 0.393. The first-order valence-corrected chi connectivity index (χ1v) is 13.4. The lowest BCUT2D eigenvalue weighted by atomic mass is 10.1. The zero-order valence-electron chi connectivity index (χ0n) is 19.5. The lowest BCUT2D eigenvalue weighted by Gasteiger charge is -2.32. The molecule has 3 aromatic rings. The first kappa shape index (κ1) is 27.8. The van der Waals surface area contributed by atoms with Crippen molar-refractivity contribution in [2.45, 2.75) is 24.4 Å². The van der Waals surface area contributed by atoms with Crippen LogP contribution in [0.4, 0.5) is 5.69 Å². The standard InChI is InChI=1S/C25H24Cl3N3O4S/c1-17(25(33)29-2)30(15-18-7-6-8-19(26)13-18)24(32)16-31(23-12-11-20(27)14-22(23)28)36(34,35)21-9-4-3-5-10-21/h3-14,17H,15-16H2,1-2H3,(H,29,33)/t17-/m1/s1. The van der Waals surface area contributed by atoms with E-state index >= 15 is 0 Å². The van der Waals surface area contributed by atoms with Crippen molar-refractivity contribution in [3.63, 3.8) is 0 Å². The first-order valence-electron chi connectivity index (χ1n) is 10.8. The monoisotopic (exact) mass is 567 g/mol. The van der Waals surface area contributed by atoms with Crippen molar-refractivity contribution in [3.8, 4) is 0 Å². The Kier molecular flexibility index (Phi) is 9.24. The van der Waals surface area contributed by atoms with E-state index in [2.05, 4.69) is 5.32 Å². The van der Waals surface area contributed by atoms with Crippen LogP contribution >= 0.6 is 34.8 Å². The summed E-state index contributed by atoms with van der Waals surface area (Å²) in [5.41, 5.74) is 0.752. The van der Waals surface area contributed by atoms with Crippen LogP contribution in [-0.2, 0) is 26.2 Å². The van der Waals surface area contributed by atoms with Gasteiger partial charge < -0.3 is 10.2 Å². The molecule has 0 aliphatic carbocycles. The predicted octanol–water partition coefficient (Wildman–Crippen LogP) is 5.01. The Morgan fingerprint density at radius 2 is 1.58 bits per heavy atom. The number of benzene rings is 3. The molecule has 190 valence electrons. The molecule has 1 N–H and O–H groups in total. The van der Waals surface area contributed by atoms with E-state index in [0.29, 0.717) is 15.6 Å². The lowest BCUT2D eigenvalue weighted by Crippen LogP contribution is -2.50. The van der Waals surface area contributed by atoms with E-state index in [-0.39, 0.29) is 22.2 Å². The summed E-state index contributed by atoms with van der Waals surface area (Å²) in [6, 6.07) is 18.0. The predicted molar refractivity (Wildman–Crippen MR) is 143 cm³/mol. The van der Waals surface area contributed by atoms with Crippen LogP contribution in [-0.4, -0.2) is 44.8 Å². The van der Waals surface area contributed by atoms with E-state index < -0.39 is 34.4 Å². The second-order valence-electron chi connectivity index (χ2n) is 7.86.